The third-order valence-corrected chi connectivity index (χ3v) is 5.66. The van der Waals surface area contributed by atoms with Crippen LogP contribution >= 0.6 is 11.6 Å². The van der Waals surface area contributed by atoms with E-state index >= 15 is 0 Å². The van der Waals surface area contributed by atoms with Crippen molar-refractivity contribution in [2.45, 2.75) is 33.1 Å². The fourth-order valence-corrected chi connectivity index (χ4v) is 4.02. The summed E-state index contributed by atoms with van der Waals surface area (Å²) >= 11 is 6.22. The molecule has 152 valence electrons. The molecular formula is C27H26ClNO. The lowest BCUT2D eigenvalue weighted by atomic mass is 9.89. The van der Waals surface area contributed by atoms with E-state index in [4.69, 9.17) is 21.3 Å². The molecule has 0 aromatic heterocycles. The molecule has 0 fully saturated rings. The SMILES string of the molecule is CC(=NCCC1=CCCc2ccc(Cl)cc21)c1cccc(Oc2cccc(C)c2)c1. The molecule has 0 saturated heterocycles. The summed E-state index contributed by atoms with van der Waals surface area (Å²) in [5.74, 6) is 1.68. The first-order chi connectivity index (χ1) is 14.6. The zero-order chi connectivity index (χ0) is 20.9. The molecular weight excluding hydrogens is 390 g/mol. The molecule has 30 heavy (non-hydrogen) atoms. The Morgan fingerprint density at radius 2 is 1.80 bits per heavy atom. The molecule has 1 aliphatic carbocycles. The van der Waals surface area contributed by atoms with Gasteiger partial charge in [0.2, 0.25) is 0 Å². The highest BCUT2D eigenvalue weighted by molar-refractivity contribution is 6.30. The van der Waals surface area contributed by atoms with Crippen LogP contribution in [0.4, 0.5) is 0 Å². The van der Waals surface area contributed by atoms with Gasteiger partial charge in [0, 0.05) is 17.3 Å². The van der Waals surface area contributed by atoms with Gasteiger partial charge in [0.25, 0.3) is 0 Å². The second-order valence-electron chi connectivity index (χ2n) is 7.73. The van der Waals surface area contributed by atoms with Crippen molar-refractivity contribution >= 4 is 22.9 Å². The lowest BCUT2D eigenvalue weighted by Crippen LogP contribution is -2.02. The van der Waals surface area contributed by atoms with Gasteiger partial charge in [-0.15, -0.1) is 0 Å². The Hall–Kier alpha value is -2.84. The molecule has 0 N–H and O–H groups in total. The van der Waals surface area contributed by atoms with Crippen LogP contribution in [0, 0.1) is 6.92 Å². The Kier molecular flexibility index (Phi) is 6.35. The van der Waals surface area contributed by atoms with Crippen LogP contribution < -0.4 is 4.74 Å². The maximum absolute atomic E-state index is 6.22. The van der Waals surface area contributed by atoms with Crippen LogP contribution in [0.15, 0.2) is 77.8 Å². The minimum atomic E-state index is 0.757. The first-order valence-corrected chi connectivity index (χ1v) is 10.8. The van der Waals surface area contributed by atoms with Gasteiger partial charge in [-0.3, -0.25) is 4.99 Å². The van der Waals surface area contributed by atoms with Crippen LogP contribution in [-0.2, 0) is 6.42 Å². The van der Waals surface area contributed by atoms with Crippen molar-refractivity contribution in [1.82, 2.24) is 0 Å². The summed E-state index contributed by atoms with van der Waals surface area (Å²) in [6.45, 7) is 4.88. The van der Waals surface area contributed by atoms with E-state index in [9.17, 15) is 0 Å². The number of benzene rings is 3. The predicted octanol–water partition coefficient (Wildman–Crippen LogP) is 7.67. The highest BCUT2D eigenvalue weighted by Gasteiger charge is 2.12. The molecule has 0 bridgehead atoms. The second-order valence-corrected chi connectivity index (χ2v) is 8.17. The summed E-state index contributed by atoms with van der Waals surface area (Å²) < 4.78 is 6.02. The van der Waals surface area contributed by atoms with E-state index < -0.39 is 0 Å². The summed E-state index contributed by atoms with van der Waals surface area (Å²) in [5, 5.41) is 0.798. The van der Waals surface area contributed by atoms with E-state index in [0.717, 1.165) is 53.6 Å². The van der Waals surface area contributed by atoms with E-state index in [-0.39, 0.29) is 0 Å². The largest absolute Gasteiger partial charge is 0.457 e. The third-order valence-electron chi connectivity index (χ3n) is 5.43. The Labute approximate surface area is 183 Å². The molecule has 0 heterocycles. The van der Waals surface area contributed by atoms with Crippen molar-refractivity contribution in [1.29, 1.82) is 0 Å². The van der Waals surface area contributed by atoms with Crippen LogP contribution in [0.3, 0.4) is 0 Å². The van der Waals surface area contributed by atoms with Gasteiger partial charge in [-0.05, 0) is 97.3 Å². The standard InChI is InChI=1S/C27H26ClNO/c1-19-6-3-10-25(16-19)30-26-11-5-9-23(17-26)20(2)29-15-14-22-8-4-7-21-12-13-24(28)18-27(21)22/h3,5-6,8-13,16-18H,4,7,14-15H2,1-2H3. The summed E-state index contributed by atoms with van der Waals surface area (Å²) in [7, 11) is 0. The first-order valence-electron chi connectivity index (χ1n) is 10.4. The normalized spacial score (nSPS) is 13.6. The average molecular weight is 416 g/mol. The van der Waals surface area contributed by atoms with Gasteiger partial charge in [0.1, 0.15) is 11.5 Å². The molecule has 0 unspecified atom stereocenters. The number of fused-ring (bicyclic) bond motifs is 1. The molecule has 2 nitrogen and oxygen atoms in total. The van der Waals surface area contributed by atoms with Gasteiger partial charge >= 0.3 is 0 Å². The van der Waals surface area contributed by atoms with Gasteiger partial charge in [-0.25, -0.2) is 0 Å². The molecule has 4 rings (SSSR count). The molecule has 0 amide bonds. The number of nitrogens with zero attached hydrogens (tertiary/aromatic N) is 1. The average Bonchev–Trinajstić information content (AvgIpc) is 2.74. The van der Waals surface area contributed by atoms with Crippen molar-refractivity contribution in [2.24, 2.45) is 4.99 Å². The zero-order valence-electron chi connectivity index (χ0n) is 17.5. The number of ether oxygens (including phenoxy) is 1. The molecule has 0 saturated carbocycles. The van der Waals surface area contributed by atoms with Crippen LogP contribution in [0.5, 0.6) is 11.5 Å². The van der Waals surface area contributed by atoms with Crippen LogP contribution in [0.2, 0.25) is 5.02 Å². The number of halogens is 1. The maximum Gasteiger partial charge on any atom is 0.128 e. The Morgan fingerprint density at radius 1 is 1.00 bits per heavy atom. The van der Waals surface area contributed by atoms with E-state index in [1.54, 1.807) is 0 Å². The minimum Gasteiger partial charge on any atom is -0.457 e. The minimum absolute atomic E-state index is 0.757. The quantitative estimate of drug-likeness (QED) is 0.378. The molecule has 0 spiro atoms. The Bertz CT molecular complexity index is 1110. The number of hydrogen-bond donors (Lipinski definition) is 0. The summed E-state index contributed by atoms with van der Waals surface area (Å²) in [4.78, 5) is 4.83. The monoisotopic (exact) mass is 415 g/mol. The van der Waals surface area contributed by atoms with Gasteiger partial charge in [-0.2, -0.15) is 0 Å². The Morgan fingerprint density at radius 3 is 2.63 bits per heavy atom. The van der Waals surface area contributed by atoms with Gasteiger partial charge in [0.05, 0.1) is 0 Å². The fraction of sp³-hybridized carbons (Fsp3) is 0.222. The van der Waals surface area contributed by atoms with E-state index in [1.807, 2.05) is 36.4 Å². The lowest BCUT2D eigenvalue weighted by molar-refractivity contribution is 0.482. The van der Waals surface area contributed by atoms with Crippen molar-refractivity contribution in [3.8, 4) is 11.5 Å². The van der Waals surface area contributed by atoms with E-state index in [2.05, 4.69) is 50.3 Å². The summed E-state index contributed by atoms with van der Waals surface area (Å²) in [5.41, 5.74) is 7.32. The van der Waals surface area contributed by atoms with Gasteiger partial charge < -0.3 is 4.74 Å². The van der Waals surface area contributed by atoms with Crippen molar-refractivity contribution in [3.05, 3.63) is 100 Å². The third kappa shape index (κ3) is 5.01. The number of allylic oxidation sites excluding steroid dienone is 1. The fourth-order valence-electron chi connectivity index (χ4n) is 3.85. The number of hydrogen-bond acceptors (Lipinski definition) is 2. The zero-order valence-corrected chi connectivity index (χ0v) is 18.2. The molecule has 1 aliphatic rings. The number of rotatable bonds is 6. The maximum atomic E-state index is 6.22. The van der Waals surface area contributed by atoms with Crippen LogP contribution in [0.1, 0.15) is 42.0 Å². The molecule has 0 atom stereocenters. The highest BCUT2D eigenvalue weighted by Crippen LogP contribution is 2.31. The Balaban J connectivity index is 1.43. The number of aryl methyl sites for hydroxylation is 2. The van der Waals surface area contributed by atoms with Gasteiger partial charge in [-0.1, -0.05) is 48.0 Å². The molecule has 0 radical (unpaired) electrons. The topological polar surface area (TPSA) is 21.6 Å². The van der Waals surface area contributed by atoms with Crippen molar-refractivity contribution in [3.63, 3.8) is 0 Å². The van der Waals surface area contributed by atoms with Crippen molar-refractivity contribution < 1.29 is 4.74 Å². The predicted molar refractivity (Wildman–Crippen MR) is 127 cm³/mol. The van der Waals surface area contributed by atoms with Crippen LogP contribution in [-0.4, -0.2) is 12.3 Å². The molecule has 3 heteroatoms. The summed E-state index contributed by atoms with van der Waals surface area (Å²) in [6.07, 6.45) is 5.43. The van der Waals surface area contributed by atoms with Crippen molar-refractivity contribution in [2.75, 3.05) is 6.54 Å². The van der Waals surface area contributed by atoms with E-state index in [0.29, 0.717) is 0 Å². The second kappa shape index (κ2) is 9.32. The molecule has 3 aromatic carbocycles. The van der Waals surface area contributed by atoms with Crippen LogP contribution in [0.25, 0.3) is 5.57 Å². The van der Waals surface area contributed by atoms with E-state index in [1.165, 1.54) is 22.3 Å². The molecule has 0 aliphatic heterocycles. The first kappa shape index (κ1) is 20.4. The molecule has 3 aromatic rings. The highest BCUT2D eigenvalue weighted by atomic mass is 35.5. The number of aliphatic imine (C=N–C) groups is 1. The van der Waals surface area contributed by atoms with Gasteiger partial charge in [0.15, 0.2) is 0 Å². The smallest absolute Gasteiger partial charge is 0.128 e. The summed E-state index contributed by atoms with van der Waals surface area (Å²) in [6, 6.07) is 22.4. The lowest BCUT2D eigenvalue weighted by Gasteiger charge is -2.17.